The fraction of sp³-hybridized carbons (Fsp3) is 0.250. The van der Waals surface area contributed by atoms with Gasteiger partial charge < -0.3 is 19.4 Å². The summed E-state index contributed by atoms with van der Waals surface area (Å²) in [5.41, 5.74) is 3.05. The van der Waals surface area contributed by atoms with Crippen molar-refractivity contribution in [2.45, 2.75) is 43.4 Å². The number of ether oxygens (including phenoxy) is 2. The van der Waals surface area contributed by atoms with E-state index in [1.807, 2.05) is 43.3 Å². The van der Waals surface area contributed by atoms with Crippen molar-refractivity contribution in [3.8, 4) is 5.75 Å². The summed E-state index contributed by atoms with van der Waals surface area (Å²) < 4.78 is 29.3. The molecule has 0 bridgehead atoms. The smallest absolute Gasteiger partial charge is 0.337 e. The third-order valence-electron chi connectivity index (χ3n) is 9.81. The Balaban J connectivity index is 1.39. The monoisotopic (exact) mass is 670 g/mol. The minimum absolute atomic E-state index is 0.0268. The Labute approximate surface area is 280 Å². The molecule has 4 heterocycles. The summed E-state index contributed by atoms with van der Waals surface area (Å²) in [5, 5.41) is 3.54. The summed E-state index contributed by atoms with van der Waals surface area (Å²) in [6.07, 6.45) is 0. The number of hydrogen-bond donors (Lipinski definition) is 1. The molecule has 11 heteroatoms. The standard InChI is InChI=1S/C36H29Cl2FN4O4/c1-3-47-22-7-4-6-19(14-22)17-43-29-18-42-28-13-10-20(34(44)46-2)15-27(28)40-33(42)30(29)31(23-8-5-9-25(38)32(23)39)36(43)24-12-11-21(37)16-26(24)41-35(36)45/h4-16,29-31H,3,17-18H2,1-2H3,(H,41,45)/t29-,30+,31-,36+/m0/s1. The van der Waals surface area contributed by atoms with Crippen molar-refractivity contribution in [3.05, 3.63) is 123 Å². The normalized spacial score (nSPS) is 22.7. The average molecular weight is 672 g/mol. The quantitative estimate of drug-likeness (QED) is 0.191. The van der Waals surface area contributed by atoms with Crippen LogP contribution in [-0.2, 0) is 28.2 Å². The molecule has 47 heavy (non-hydrogen) atoms. The SMILES string of the molecule is CCOc1cccc(CN2[C@H]3Cn4c(nc5cc(C(=O)OC)ccc54)[C@H]3[C@H](c3cccc(Cl)c3F)[C@]23C(=O)Nc2cc(Cl)ccc23)c1. The molecule has 4 atom stereocenters. The molecule has 3 aliphatic heterocycles. The maximum Gasteiger partial charge on any atom is 0.337 e. The van der Waals surface area contributed by atoms with E-state index in [2.05, 4.69) is 14.8 Å². The number of carbonyl (C=O) groups is 2. The molecular formula is C36H29Cl2FN4O4. The lowest BCUT2D eigenvalue weighted by atomic mass is 9.71. The lowest BCUT2D eigenvalue weighted by Gasteiger charge is -2.40. The minimum atomic E-state index is -1.34. The molecule has 0 saturated carbocycles. The number of rotatable bonds is 6. The van der Waals surface area contributed by atoms with Crippen LogP contribution in [0.4, 0.5) is 10.1 Å². The molecule has 8 rings (SSSR count). The maximum absolute atomic E-state index is 16.4. The summed E-state index contributed by atoms with van der Waals surface area (Å²) in [4.78, 5) is 34.4. The maximum atomic E-state index is 16.4. The first-order valence-corrected chi connectivity index (χ1v) is 16.1. The Hall–Kier alpha value is -4.44. The lowest BCUT2D eigenvalue weighted by Crippen LogP contribution is -2.52. The van der Waals surface area contributed by atoms with Gasteiger partial charge in [-0.1, -0.05) is 53.5 Å². The second-order valence-corrected chi connectivity index (χ2v) is 13.0. The van der Waals surface area contributed by atoms with Crippen LogP contribution in [0.1, 0.15) is 51.6 Å². The van der Waals surface area contributed by atoms with Crippen molar-refractivity contribution in [1.29, 1.82) is 0 Å². The van der Waals surface area contributed by atoms with Crippen molar-refractivity contribution in [1.82, 2.24) is 14.5 Å². The number of anilines is 1. The van der Waals surface area contributed by atoms with Gasteiger partial charge in [0.1, 0.15) is 22.9 Å². The van der Waals surface area contributed by atoms with Gasteiger partial charge in [0.15, 0.2) is 0 Å². The van der Waals surface area contributed by atoms with Crippen LogP contribution in [0, 0.1) is 5.82 Å². The Morgan fingerprint density at radius 2 is 1.91 bits per heavy atom. The zero-order chi connectivity index (χ0) is 32.6. The molecule has 3 aliphatic rings. The van der Waals surface area contributed by atoms with E-state index in [1.54, 1.807) is 36.4 Å². The summed E-state index contributed by atoms with van der Waals surface area (Å²) in [5.74, 6) is -1.05. The summed E-state index contributed by atoms with van der Waals surface area (Å²) >= 11 is 12.9. The third-order valence-corrected chi connectivity index (χ3v) is 10.3. The number of benzene rings is 4. The summed E-state index contributed by atoms with van der Waals surface area (Å²) in [6, 6.07) is 23.1. The molecule has 1 saturated heterocycles. The topological polar surface area (TPSA) is 85.7 Å². The number of halogens is 3. The van der Waals surface area contributed by atoms with Gasteiger partial charge in [0.25, 0.3) is 0 Å². The number of methoxy groups -OCH3 is 1. The van der Waals surface area contributed by atoms with Crippen LogP contribution in [0.15, 0.2) is 78.9 Å². The molecule has 4 aromatic carbocycles. The van der Waals surface area contributed by atoms with Gasteiger partial charge in [-0.3, -0.25) is 9.69 Å². The fourth-order valence-electron chi connectivity index (χ4n) is 8.08. The number of aromatic nitrogens is 2. The number of nitrogens with zero attached hydrogens (tertiary/aromatic N) is 3. The zero-order valence-electron chi connectivity index (χ0n) is 25.5. The van der Waals surface area contributed by atoms with Crippen LogP contribution in [-0.4, -0.2) is 46.1 Å². The minimum Gasteiger partial charge on any atom is -0.494 e. The van der Waals surface area contributed by atoms with E-state index < -0.39 is 29.2 Å². The summed E-state index contributed by atoms with van der Waals surface area (Å²) in [7, 11) is 1.34. The molecule has 5 aromatic rings. The Morgan fingerprint density at radius 3 is 2.72 bits per heavy atom. The molecular weight excluding hydrogens is 642 g/mol. The van der Waals surface area contributed by atoms with Gasteiger partial charge in [0.05, 0.1) is 35.3 Å². The number of esters is 1. The highest BCUT2D eigenvalue weighted by molar-refractivity contribution is 6.31. The fourth-order valence-corrected chi connectivity index (χ4v) is 8.43. The second-order valence-electron chi connectivity index (χ2n) is 12.1. The number of nitrogens with one attached hydrogen (secondary N) is 1. The van der Waals surface area contributed by atoms with Crippen molar-refractivity contribution < 1.29 is 23.5 Å². The second kappa shape index (κ2) is 11.1. The van der Waals surface area contributed by atoms with Crippen molar-refractivity contribution in [3.63, 3.8) is 0 Å². The van der Waals surface area contributed by atoms with Crippen LogP contribution in [0.2, 0.25) is 10.0 Å². The first-order valence-electron chi connectivity index (χ1n) is 15.4. The van der Waals surface area contributed by atoms with Gasteiger partial charge >= 0.3 is 5.97 Å². The van der Waals surface area contributed by atoms with Crippen LogP contribution in [0.25, 0.3) is 11.0 Å². The first kappa shape index (κ1) is 29.9. The van der Waals surface area contributed by atoms with E-state index in [0.717, 1.165) is 16.8 Å². The van der Waals surface area contributed by atoms with Gasteiger partial charge in [-0.25, -0.2) is 14.2 Å². The first-order chi connectivity index (χ1) is 22.8. The Morgan fingerprint density at radius 1 is 1.09 bits per heavy atom. The van der Waals surface area contributed by atoms with E-state index in [0.29, 0.717) is 58.4 Å². The molecule has 0 aliphatic carbocycles. The Bertz CT molecular complexity index is 2120. The molecule has 0 radical (unpaired) electrons. The highest BCUT2D eigenvalue weighted by Gasteiger charge is 2.69. The van der Waals surface area contributed by atoms with Crippen molar-refractivity contribution >= 4 is 51.8 Å². The van der Waals surface area contributed by atoms with Gasteiger partial charge in [0, 0.05) is 47.2 Å². The highest BCUT2D eigenvalue weighted by atomic mass is 35.5. The van der Waals surface area contributed by atoms with Crippen LogP contribution < -0.4 is 10.1 Å². The molecule has 1 fully saturated rings. The molecule has 1 N–H and O–H groups in total. The number of hydrogen-bond acceptors (Lipinski definition) is 6. The van der Waals surface area contributed by atoms with Gasteiger partial charge in [-0.2, -0.15) is 0 Å². The number of carbonyl (C=O) groups excluding carboxylic acids is 2. The number of imidazole rings is 1. The molecule has 0 unspecified atom stereocenters. The molecule has 1 aromatic heterocycles. The van der Waals surface area contributed by atoms with Gasteiger partial charge in [0.2, 0.25) is 5.91 Å². The molecule has 238 valence electrons. The van der Waals surface area contributed by atoms with E-state index >= 15 is 4.39 Å². The van der Waals surface area contributed by atoms with Crippen molar-refractivity contribution in [2.75, 3.05) is 19.0 Å². The van der Waals surface area contributed by atoms with Gasteiger partial charge in [-0.05, 0) is 66.6 Å². The highest BCUT2D eigenvalue weighted by Crippen LogP contribution is 2.65. The molecule has 1 amide bonds. The zero-order valence-corrected chi connectivity index (χ0v) is 27.0. The predicted molar refractivity (Wildman–Crippen MR) is 177 cm³/mol. The van der Waals surface area contributed by atoms with Crippen molar-refractivity contribution in [2.24, 2.45) is 0 Å². The molecule has 8 nitrogen and oxygen atoms in total. The average Bonchev–Trinajstić information content (AvgIpc) is 3.75. The molecule has 1 spiro atoms. The lowest BCUT2D eigenvalue weighted by molar-refractivity contribution is -0.128. The van der Waals surface area contributed by atoms with Gasteiger partial charge in [-0.15, -0.1) is 0 Å². The van der Waals surface area contributed by atoms with Crippen LogP contribution in [0.5, 0.6) is 5.75 Å². The number of amides is 1. The number of likely N-dealkylation sites (tertiary alicyclic amines) is 1. The number of fused-ring (bicyclic) bond motifs is 7. The van der Waals surface area contributed by atoms with E-state index in [1.165, 1.54) is 13.2 Å². The van der Waals surface area contributed by atoms with Crippen LogP contribution >= 0.6 is 23.2 Å². The Kier molecular flexibility index (Phi) is 7.05. The van der Waals surface area contributed by atoms with Crippen LogP contribution in [0.3, 0.4) is 0 Å². The predicted octanol–water partition coefficient (Wildman–Crippen LogP) is 7.28. The van der Waals surface area contributed by atoms with E-state index in [4.69, 9.17) is 37.7 Å². The summed E-state index contributed by atoms with van der Waals surface area (Å²) in [6.45, 7) is 3.29. The largest absolute Gasteiger partial charge is 0.494 e. The van der Waals surface area contributed by atoms with E-state index in [-0.39, 0.29) is 17.0 Å². The van der Waals surface area contributed by atoms with E-state index in [9.17, 15) is 9.59 Å². The third kappa shape index (κ3) is 4.33.